The largest absolute Gasteiger partial charge is 0.504 e. The number of nitrogens with two attached hydrogens (primary N) is 1. The van der Waals surface area contributed by atoms with Gasteiger partial charge in [0, 0.05) is 7.05 Å². The van der Waals surface area contributed by atoms with E-state index in [1.165, 1.54) is 19.2 Å². The third kappa shape index (κ3) is 3.60. The van der Waals surface area contributed by atoms with E-state index in [1.54, 1.807) is 6.07 Å². The highest BCUT2D eigenvalue weighted by molar-refractivity contribution is 5.85. The first kappa shape index (κ1) is 14.5. The Hall–Kier alpha value is -1.46. The Labute approximate surface area is 99.7 Å². The zero-order chi connectivity index (χ0) is 11.4. The molecule has 0 saturated carbocycles. The predicted molar refractivity (Wildman–Crippen MR) is 62.8 cm³/mol. The number of hydrogen-bond donors (Lipinski definition) is 4. The number of benzene rings is 1. The van der Waals surface area contributed by atoms with Crippen LogP contribution in [0.5, 0.6) is 11.5 Å². The van der Waals surface area contributed by atoms with Gasteiger partial charge < -0.3 is 21.3 Å². The van der Waals surface area contributed by atoms with Gasteiger partial charge in [-0.1, -0.05) is 6.07 Å². The minimum atomic E-state index is -0.654. The van der Waals surface area contributed by atoms with E-state index in [0.717, 1.165) is 0 Å². The van der Waals surface area contributed by atoms with Crippen LogP contribution in [0.4, 0.5) is 0 Å². The van der Waals surface area contributed by atoms with Crippen LogP contribution >= 0.6 is 12.4 Å². The van der Waals surface area contributed by atoms with Crippen molar-refractivity contribution in [3.8, 4) is 11.5 Å². The van der Waals surface area contributed by atoms with Gasteiger partial charge in [-0.15, -0.1) is 12.4 Å². The summed E-state index contributed by atoms with van der Waals surface area (Å²) in [6.07, 6.45) is 0.313. The van der Waals surface area contributed by atoms with Crippen molar-refractivity contribution in [1.82, 2.24) is 5.32 Å². The number of likely N-dealkylation sites (N-methyl/N-ethyl adjacent to an activating group) is 1. The van der Waals surface area contributed by atoms with Crippen molar-refractivity contribution < 1.29 is 15.0 Å². The molecule has 5 N–H and O–H groups in total. The Morgan fingerprint density at radius 1 is 1.44 bits per heavy atom. The fraction of sp³-hybridized carbons (Fsp3) is 0.300. The first-order chi connectivity index (χ1) is 7.04. The average molecular weight is 247 g/mol. The number of halogens is 1. The summed E-state index contributed by atoms with van der Waals surface area (Å²) in [4.78, 5) is 11.1. The maximum Gasteiger partial charge on any atom is 0.237 e. The lowest BCUT2D eigenvalue weighted by Crippen LogP contribution is -2.40. The second-order valence-corrected chi connectivity index (χ2v) is 3.25. The van der Waals surface area contributed by atoms with E-state index in [4.69, 9.17) is 10.8 Å². The van der Waals surface area contributed by atoms with E-state index in [2.05, 4.69) is 5.32 Å². The molecule has 0 aliphatic carbocycles. The molecule has 0 aliphatic heterocycles. The van der Waals surface area contributed by atoms with Crippen molar-refractivity contribution in [2.75, 3.05) is 7.05 Å². The first-order valence-corrected chi connectivity index (χ1v) is 4.52. The smallest absolute Gasteiger partial charge is 0.237 e. The van der Waals surface area contributed by atoms with Crippen molar-refractivity contribution >= 4 is 18.3 Å². The van der Waals surface area contributed by atoms with Gasteiger partial charge in [0.15, 0.2) is 11.5 Å². The summed E-state index contributed by atoms with van der Waals surface area (Å²) < 4.78 is 0. The molecule has 1 rings (SSSR count). The zero-order valence-corrected chi connectivity index (χ0v) is 9.62. The van der Waals surface area contributed by atoms with E-state index < -0.39 is 6.04 Å². The topological polar surface area (TPSA) is 95.6 Å². The van der Waals surface area contributed by atoms with Crippen LogP contribution in [0.25, 0.3) is 0 Å². The van der Waals surface area contributed by atoms with Gasteiger partial charge in [-0.2, -0.15) is 0 Å². The minimum Gasteiger partial charge on any atom is -0.504 e. The molecule has 0 fully saturated rings. The SMILES string of the molecule is CNC(=O)[C@@H](N)Cc1ccc(O)c(O)c1.Cl. The monoisotopic (exact) mass is 246 g/mol. The van der Waals surface area contributed by atoms with Gasteiger partial charge in [0.05, 0.1) is 6.04 Å². The lowest BCUT2D eigenvalue weighted by atomic mass is 10.1. The number of hydrogen-bond acceptors (Lipinski definition) is 4. The highest BCUT2D eigenvalue weighted by atomic mass is 35.5. The third-order valence-corrected chi connectivity index (χ3v) is 2.08. The maximum absolute atomic E-state index is 11.1. The molecule has 0 bridgehead atoms. The number of amides is 1. The number of rotatable bonds is 3. The van der Waals surface area contributed by atoms with E-state index in [-0.39, 0.29) is 29.8 Å². The Bertz CT molecular complexity index is 371. The van der Waals surface area contributed by atoms with Gasteiger partial charge >= 0.3 is 0 Å². The minimum absolute atomic E-state index is 0. The van der Waals surface area contributed by atoms with Gasteiger partial charge in [0.2, 0.25) is 5.91 Å². The molecule has 0 radical (unpaired) electrons. The molecule has 0 heterocycles. The van der Waals surface area contributed by atoms with E-state index in [0.29, 0.717) is 12.0 Å². The standard InChI is InChI=1S/C10H14N2O3.ClH/c1-12-10(15)7(11)4-6-2-3-8(13)9(14)5-6;/h2-3,5,7,13-14H,4,11H2,1H3,(H,12,15);1H/t7-;/m0./s1. The second-order valence-electron chi connectivity index (χ2n) is 3.25. The predicted octanol–water partition coefficient (Wildman–Crippen LogP) is 0.135. The van der Waals surface area contributed by atoms with Gasteiger partial charge in [-0.25, -0.2) is 0 Å². The van der Waals surface area contributed by atoms with Crippen molar-refractivity contribution in [3.63, 3.8) is 0 Å². The molecule has 0 spiro atoms. The molecular weight excluding hydrogens is 232 g/mol. The number of nitrogens with one attached hydrogen (secondary N) is 1. The number of phenolic OH excluding ortho intramolecular Hbond substituents is 2. The number of phenols is 2. The molecule has 0 aliphatic rings. The van der Waals surface area contributed by atoms with Crippen LogP contribution in [0, 0.1) is 0 Å². The Balaban J connectivity index is 0.00000225. The Morgan fingerprint density at radius 2 is 2.06 bits per heavy atom. The van der Waals surface area contributed by atoms with Crippen LogP contribution in [-0.4, -0.2) is 29.2 Å². The second kappa shape index (κ2) is 6.19. The summed E-state index contributed by atoms with van der Waals surface area (Å²) in [5.41, 5.74) is 6.29. The summed E-state index contributed by atoms with van der Waals surface area (Å²) >= 11 is 0. The summed E-state index contributed by atoms with van der Waals surface area (Å²) in [5, 5.41) is 20.7. The molecule has 1 amide bonds. The number of aromatic hydroxyl groups is 2. The Morgan fingerprint density at radius 3 is 2.56 bits per heavy atom. The van der Waals surface area contributed by atoms with Crippen LogP contribution in [0.1, 0.15) is 5.56 Å². The van der Waals surface area contributed by atoms with E-state index >= 15 is 0 Å². The summed E-state index contributed by atoms with van der Waals surface area (Å²) in [6, 6.07) is 3.70. The normalized spacial score (nSPS) is 11.4. The highest BCUT2D eigenvalue weighted by Crippen LogP contribution is 2.25. The van der Waals surface area contributed by atoms with Crippen molar-refractivity contribution in [1.29, 1.82) is 0 Å². The lowest BCUT2D eigenvalue weighted by molar-refractivity contribution is -0.121. The first-order valence-electron chi connectivity index (χ1n) is 4.52. The molecule has 1 aromatic carbocycles. The van der Waals surface area contributed by atoms with E-state index in [1.807, 2.05) is 0 Å². The van der Waals surface area contributed by atoms with Crippen molar-refractivity contribution in [3.05, 3.63) is 23.8 Å². The van der Waals surface area contributed by atoms with Gasteiger partial charge in [-0.3, -0.25) is 4.79 Å². The van der Waals surface area contributed by atoms with Gasteiger partial charge in [0.1, 0.15) is 0 Å². The lowest BCUT2D eigenvalue weighted by Gasteiger charge is -2.10. The summed E-state index contributed by atoms with van der Waals surface area (Å²) in [5.74, 6) is -0.661. The van der Waals surface area contributed by atoms with Gasteiger partial charge in [-0.05, 0) is 24.1 Å². The van der Waals surface area contributed by atoms with Crippen LogP contribution in [0.2, 0.25) is 0 Å². The molecule has 1 aromatic rings. The fourth-order valence-corrected chi connectivity index (χ4v) is 1.23. The number of carbonyl (C=O) groups is 1. The van der Waals surface area contributed by atoms with Gasteiger partial charge in [0.25, 0.3) is 0 Å². The molecule has 0 aromatic heterocycles. The van der Waals surface area contributed by atoms with Crippen molar-refractivity contribution in [2.45, 2.75) is 12.5 Å². The zero-order valence-electron chi connectivity index (χ0n) is 8.80. The van der Waals surface area contributed by atoms with Crippen LogP contribution in [0.3, 0.4) is 0 Å². The molecule has 1 atom stereocenters. The fourth-order valence-electron chi connectivity index (χ4n) is 1.23. The molecule has 6 heteroatoms. The molecule has 16 heavy (non-hydrogen) atoms. The average Bonchev–Trinajstić information content (AvgIpc) is 2.22. The van der Waals surface area contributed by atoms with Crippen LogP contribution in [0.15, 0.2) is 18.2 Å². The summed E-state index contributed by atoms with van der Waals surface area (Å²) in [7, 11) is 1.51. The third-order valence-electron chi connectivity index (χ3n) is 2.08. The van der Waals surface area contributed by atoms with E-state index in [9.17, 15) is 9.90 Å². The van der Waals surface area contributed by atoms with Crippen LogP contribution < -0.4 is 11.1 Å². The molecule has 5 nitrogen and oxygen atoms in total. The number of carbonyl (C=O) groups excluding carboxylic acids is 1. The molecule has 90 valence electrons. The molecule has 0 unspecified atom stereocenters. The molecule has 0 saturated heterocycles. The summed E-state index contributed by atoms with van der Waals surface area (Å²) in [6.45, 7) is 0. The van der Waals surface area contributed by atoms with Crippen molar-refractivity contribution in [2.24, 2.45) is 5.73 Å². The quantitative estimate of drug-likeness (QED) is 0.571. The molecular formula is C10H15ClN2O3. The highest BCUT2D eigenvalue weighted by Gasteiger charge is 2.12. The van der Waals surface area contributed by atoms with Crippen LogP contribution in [-0.2, 0) is 11.2 Å². The maximum atomic E-state index is 11.1. The Kier molecular flexibility index (Phi) is 5.63.